The monoisotopic (exact) mass is 339 g/mol. The Labute approximate surface area is 150 Å². The number of hydrogen-bond acceptors (Lipinski definition) is 4. The third kappa shape index (κ3) is 4.06. The van der Waals surface area contributed by atoms with Crippen LogP contribution in [-0.2, 0) is 6.42 Å². The summed E-state index contributed by atoms with van der Waals surface area (Å²) >= 11 is 0. The van der Waals surface area contributed by atoms with Gasteiger partial charge in [0.15, 0.2) is 0 Å². The second-order valence-electron chi connectivity index (χ2n) is 7.33. The van der Waals surface area contributed by atoms with E-state index in [-0.39, 0.29) is 0 Å². The van der Waals surface area contributed by atoms with Gasteiger partial charge in [-0.2, -0.15) is 0 Å². The molecule has 0 amide bonds. The third-order valence-electron chi connectivity index (χ3n) is 5.43. The van der Waals surface area contributed by atoms with Gasteiger partial charge in [-0.25, -0.2) is 0 Å². The van der Waals surface area contributed by atoms with Crippen molar-refractivity contribution in [3.63, 3.8) is 0 Å². The fraction of sp³-hybridized carbons (Fsp3) is 0.571. The Morgan fingerprint density at radius 2 is 2.00 bits per heavy atom. The van der Waals surface area contributed by atoms with Gasteiger partial charge in [0.25, 0.3) is 0 Å². The zero-order valence-electron chi connectivity index (χ0n) is 15.1. The van der Waals surface area contributed by atoms with Crippen LogP contribution in [0.25, 0.3) is 10.9 Å². The molecule has 1 aromatic carbocycles. The van der Waals surface area contributed by atoms with Gasteiger partial charge in [0.05, 0.1) is 12.1 Å². The fourth-order valence-corrected chi connectivity index (χ4v) is 4.00. The Balaban J connectivity index is 1.32. The fourth-order valence-electron chi connectivity index (χ4n) is 4.00. The standard InChI is InChI=1S/C21H29N3O/c1-2-11-24(12-3-1)13-4-5-14-25-18-8-9-20-19(15-18)21-17(16-23-20)7-6-10-22-21/h8-9,15-16,22H,1-7,10-14H2. The summed E-state index contributed by atoms with van der Waals surface area (Å²) in [6, 6.07) is 6.29. The van der Waals surface area contributed by atoms with E-state index in [9.17, 15) is 0 Å². The number of likely N-dealkylation sites (tertiary alicyclic amines) is 1. The first-order valence-corrected chi connectivity index (χ1v) is 9.91. The largest absolute Gasteiger partial charge is 0.494 e. The summed E-state index contributed by atoms with van der Waals surface area (Å²) in [4.78, 5) is 7.20. The Kier molecular flexibility index (Phi) is 5.36. The number of fused-ring (bicyclic) bond motifs is 3. The van der Waals surface area contributed by atoms with Gasteiger partial charge in [0.2, 0.25) is 0 Å². The number of aromatic nitrogens is 1. The van der Waals surface area contributed by atoms with Crippen LogP contribution in [0.4, 0.5) is 5.69 Å². The summed E-state index contributed by atoms with van der Waals surface area (Å²) in [7, 11) is 0. The summed E-state index contributed by atoms with van der Waals surface area (Å²) in [6.45, 7) is 5.65. The zero-order chi connectivity index (χ0) is 16.9. The lowest BCUT2D eigenvalue weighted by molar-refractivity contribution is 0.216. The van der Waals surface area contributed by atoms with Crippen molar-refractivity contribution >= 4 is 16.6 Å². The summed E-state index contributed by atoms with van der Waals surface area (Å²) < 4.78 is 6.02. The molecule has 25 heavy (non-hydrogen) atoms. The van der Waals surface area contributed by atoms with Gasteiger partial charge < -0.3 is 15.0 Å². The highest BCUT2D eigenvalue weighted by molar-refractivity contribution is 5.94. The van der Waals surface area contributed by atoms with E-state index in [1.165, 1.54) is 68.4 Å². The van der Waals surface area contributed by atoms with Crippen molar-refractivity contribution in [3.8, 4) is 5.75 Å². The molecular formula is C21H29N3O. The van der Waals surface area contributed by atoms with E-state index < -0.39 is 0 Å². The highest BCUT2D eigenvalue weighted by Gasteiger charge is 2.13. The molecule has 2 aliphatic heterocycles. The van der Waals surface area contributed by atoms with E-state index in [0.29, 0.717) is 0 Å². The molecule has 0 aliphatic carbocycles. The number of anilines is 1. The number of ether oxygens (including phenoxy) is 1. The van der Waals surface area contributed by atoms with Gasteiger partial charge in [0, 0.05) is 23.8 Å². The molecule has 1 N–H and O–H groups in total. The third-order valence-corrected chi connectivity index (χ3v) is 5.43. The van der Waals surface area contributed by atoms with Gasteiger partial charge in [-0.05, 0) is 81.9 Å². The predicted molar refractivity (Wildman–Crippen MR) is 104 cm³/mol. The molecule has 4 rings (SSSR count). The van der Waals surface area contributed by atoms with E-state index in [2.05, 4.69) is 33.4 Å². The first-order chi connectivity index (χ1) is 12.4. The number of hydrogen-bond donors (Lipinski definition) is 1. The lowest BCUT2D eigenvalue weighted by Gasteiger charge is -2.26. The van der Waals surface area contributed by atoms with Crippen molar-refractivity contribution in [1.82, 2.24) is 9.88 Å². The molecule has 0 atom stereocenters. The van der Waals surface area contributed by atoms with E-state index in [0.717, 1.165) is 37.3 Å². The molecule has 4 heteroatoms. The van der Waals surface area contributed by atoms with E-state index in [4.69, 9.17) is 4.74 Å². The quantitative estimate of drug-likeness (QED) is 0.799. The van der Waals surface area contributed by atoms with Gasteiger partial charge in [-0.1, -0.05) is 6.42 Å². The molecule has 0 spiro atoms. The minimum absolute atomic E-state index is 0.801. The Bertz CT molecular complexity index is 710. The van der Waals surface area contributed by atoms with Crippen LogP contribution < -0.4 is 10.1 Å². The molecule has 0 unspecified atom stereocenters. The average molecular weight is 339 g/mol. The topological polar surface area (TPSA) is 37.4 Å². The second-order valence-corrected chi connectivity index (χ2v) is 7.33. The average Bonchev–Trinajstić information content (AvgIpc) is 2.68. The molecule has 1 aromatic heterocycles. The lowest BCUT2D eigenvalue weighted by Crippen LogP contribution is -2.30. The van der Waals surface area contributed by atoms with Crippen molar-refractivity contribution in [2.75, 3.05) is 38.1 Å². The Morgan fingerprint density at radius 3 is 2.92 bits per heavy atom. The van der Waals surface area contributed by atoms with Crippen LogP contribution in [0.15, 0.2) is 24.4 Å². The van der Waals surface area contributed by atoms with Crippen LogP contribution in [0.3, 0.4) is 0 Å². The Morgan fingerprint density at radius 1 is 1.08 bits per heavy atom. The van der Waals surface area contributed by atoms with E-state index in [1.807, 2.05) is 6.20 Å². The molecule has 0 radical (unpaired) electrons. The molecule has 1 fully saturated rings. The van der Waals surface area contributed by atoms with Gasteiger partial charge >= 0.3 is 0 Å². The van der Waals surface area contributed by atoms with Gasteiger partial charge in [-0.3, -0.25) is 4.98 Å². The molecule has 1 saturated heterocycles. The lowest BCUT2D eigenvalue weighted by atomic mass is 10.0. The van der Waals surface area contributed by atoms with Crippen LogP contribution in [0.5, 0.6) is 5.75 Å². The van der Waals surface area contributed by atoms with Crippen LogP contribution >= 0.6 is 0 Å². The zero-order valence-corrected chi connectivity index (χ0v) is 15.1. The molecule has 2 aliphatic rings. The van der Waals surface area contributed by atoms with Crippen molar-refractivity contribution < 1.29 is 4.74 Å². The van der Waals surface area contributed by atoms with Crippen molar-refractivity contribution in [2.24, 2.45) is 0 Å². The van der Waals surface area contributed by atoms with Crippen molar-refractivity contribution in [3.05, 3.63) is 30.0 Å². The van der Waals surface area contributed by atoms with Crippen LogP contribution in [-0.4, -0.2) is 42.7 Å². The number of aryl methyl sites for hydroxylation is 1. The Hall–Kier alpha value is -1.81. The van der Waals surface area contributed by atoms with Crippen LogP contribution in [0.2, 0.25) is 0 Å². The van der Waals surface area contributed by atoms with Gasteiger partial charge in [-0.15, -0.1) is 0 Å². The highest BCUT2D eigenvalue weighted by Crippen LogP contribution is 2.31. The molecular weight excluding hydrogens is 310 g/mol. The summed E-state index contributed by atoms with van der Waals surface area (Å²) in [5.41, 5.74) is 3.63. The number of rotatable bonds is 6. The predicted octanol–water partition coefficient (Wildman–Crippen LogP) is 4.24. The number of piperidine rings is 1. The smallest absolute Gasteiger partial charge is 0.120 e. The normalized spacial score (nSPS) is 17.9. The molecule has 0 bridgehead atoms. The highest BCUT2D eigenvalue weighted by atomic mass is 16.5. The van der Waals surface area contributed by atoms with E-state index >= 15 is 0 Å². The maximum Gasteiger partial charge on any atom is 0.120 e. The van der Waals surface area contributed by atoms with Crippen molar-refractivity contribution in [1.29, 1.82) is 0 Å². The minimum atomic E-state index is 0.801. The molecule has 3 heterocycles. The number of unbranched alkanes of at least 4 members (excludes halogenated alkanes) is 1. The second kappa shape index (κ2) is 8.05. The first kappa shape index (κ1) is 16.6. The summed E-state index contributed by atoms with van der Waals surface area (Å²) in [5.74, 6) is 0.966. The van der Waals surface area contributed by atoms with Crippen molar-refractivity contribution in [2.45, 2.75) is 44.9 Å². The number of nitrogens with zero attached hydrogens (tertiary/aromatic N) is 2. The van der Waals surface area contributed by atoms with Gasteiger partial charge in [0.1, 0.15) is 5.75 Å². The maximum atomic E-state index is 6.02. The summed E-state index contributed by atoms with van der Waals surface area (Å²) in [6.07, 6.45) is 10.8. The molecule has 2 aromatic rings. The number of nitrogens with one attached hydrogen (secondary N) is 1. The molecule has 4 nitrogen and oxygen atoms in total. The SMILES string of the molecule is c1cc2ncc3c(c2cc1OCCCCN1CCCCC1)NCCC3. The van der Waals surface area contributed by atoms with E-state index in [1.54, 1.807) is 0 Å². The molecule has 0 saturated carbocycles. The first-order valence-electron chi connectivity index (χ1n) is 9.91. The number of benzene rings is 1. The maximum absolute atomic E-state index is 6.02. The van der Waals surface area contributed by atoms with Crippen LogP contribution in [0, 0.1) is 0 Å². The minimum Gasteiger partial charge on any atom is -0.494 e. The number of pyridine rings is 1. The van der Waals surface area contributed by atoms with Crippen LogP contribution in [0.1, 0.15) is 44.1 Å². The molecule has 134 valence electrons. The summed E-state index contributed by atoms with van der Waals surface area (Å²) in [5, 5.41) is 4.74.